The van der Waals surface area contributed by atoms with Crippen molar-refractivity contribution >= 4 is 11.9 Å². The molecule has 5 rings (SSSR count). The van der Waals surface area contributed by atoms with E-state index in [2.05, 4.69) is 9.80 Å². The van der Waals surface area contributed by atoms with Gasteiger partial charge in [-0.05, 0) is 25.1 Å². The van der Waals surface area contributed by atoms with Gasteiger partial charge in [-0.15, -0.1) is 0 Å². The summed E-state index contributed by atoms with van der Waals surface area (Å²) in [6.45, 7) is 8.54. The second-order valence-electron chi connectivity index (χ2n) is 9.04. The van der Waals surface area contributed by atoms with Crippen LogP contribution in [0.25, 0.3) is 6.08 Å². The van der Waals surface area contributed by atoms with Crippen LogP contribution in [0.2, 0.25) is 0 Å². The van der Waals surface area contributed by atoms with Crippen LogP contribution in [0.4, 0.5) is 0 Å². The van der Waals surface area contributed by atoms with E-state index in [-0.39, 0.29) is 11.5 Å². The highest BCUT2D eigenvalue weighted by Crippen LogP contribution is 2.44. The van der Waals surface area contributed by atoms with Crippen molar-refractivity contribution in [3.63, 3.8) is 0 Å². The molecule has 1 fully saturated rings. The minimum absolute atomic E-state index is 0.168. The molecule has 0 N–H and O–H groups in total. The number of ketones is 1. The molecule has 3 heterocycles. The fourth-order valence-electron chi connectivity index (χ4n) is 4.85. The largest absolute Gasteiger partial charge is 0.496 e. The van der Waals surface area contributed by atoms with Crippen LogP contribution in [-0.2, 0) is 11.3 Å². The lowest BCUT2D eigenvalue weighted by Gasteiger charge is -2.33. The highest BCUT2D eigenvalue weighted by atomic mass is 16.5. The third kappa shape index (κ3) is 4.61. The van der Waals surface area contributed by atoms with Crippen LogP contribution in [0, 0.1) is 6.92 Å². The topological polar surface area (TPSA) is 78.9 Å². The van der Waals surface area contributed by atoms with Crippen LogP contribution in [0.1, 0.15) is 27.0 Å². The van der Waals surface area contributed by atoms with Crippen molar-refractivity contribution in [2.24, 2.45) is 0 Å². The third-order valence-corrected chi connectivity index (χ3v) is 6.86. The number of Topliss-reactive ketones (excluding diaryl/α,β-unsaturated/α-hetero) is 1. The molecule has 36 heavy (non-hydrogen) atoms. The fourth-order valence-corrected chi connectivity index (χ4v) is 4.85. The van der Waals surface area contributed by atoms with Crippen LogP contribution in [0.3, 0.4) is 0 Å². The first-order valence-electron chi connectivity index (χ1n) is 12.1. The maximum absolute atomic E-state index is 13.4. The molecular weight excluding hydrogens is 464 g/mol. The summed E-state index contributed by atoms with van der Waals surface area (Å²) < 4.78 is 33.9. The van der Waals surface area contributed by atoms with Crippen LogP contribution < -0.4 is 23.7 Å². The van der Waals surface area contributed by atoms with Gasteiger partial charge in [0.05, 0.1) is 40.1 Å². The van der Waals surface area contributed by atoms with Gasteiger partial charge in [0.15, 0.2) is 17.3 Å². The Morgan fingerprint density at radius 3 is 2.33 bits per heavy atom. The summed E-state index contributed by atoms with van der Waals surface area (Å²) in [5.41, 5.74) is 3.04. The van der Waals surface area contributed by atoms with E-state index < -0.39 is 0 Å². The van der Waals surface area contributed by atoms with Crippen LogP contribution in [0.15, 0.2) is 24.0 Å². The molecule has 0 atom stereocenters. The van der Waals surface area contributed by atoms with Gasteiger partial charge in [-0.25, -0.2) is 0 Å². The van der Waals surface area contributed by atoms with Crippen molar-refractivity contribution < 1.29 is 33.2 Å². The SMILES string of the molecule is COc1cc(OC)c(OC)cc1/C=C1\Oc2c(cc3c(c2C)OCN(CCN2CCOCC2)C3)C1=O. The quantitative estimate of drug-likeness (QED) is 0.537. The summed E-state index contributed by atoms with van der Waals surface area (Å²) >= 11 is 0. The second kappa shape index (κ2) is 10.4. The highest BCUT2D eigenvalue weighted by molar-refractivity contribution is 6.15. The van der Waals surface area contributed by atoms with Gasteiger partial charge in [0, 0.05) is 55.5 Å². The molecule has 9 heteroatoms. The highest BCUT2D eigenvalue weighted by Gasteiger charge is 2.34. The molecule has 2 aromatic rings. The third-order valence-electron chi connectivity index (χ3n) is 6.86. The second-order valence-corrected chi connectivity index (χ2v) is 9.04. The maximum Gasteiger partial charge on any atom is 0.231 e. The standard InChI is InChI=1S/C27H32N2O7/c1-17-26-19(15-29(16-35-26)6-5-28-7-9-34-10-8-28)11-20-25(30)24(36-27(17)20)13-18-12-22(32-3)23(33-4)14-21(18)31-2/h11-14H,5-10,15-16H2,1-4H3/b24-13-. The first-order chi connectivity index (χ1) is 17.5. The van der Waals surface area contributed by atoms with Gasteiger partial charge < -0.3 is 28.4 Å². The molecule has 1 saturated heterocycles. The summed E-state index contributed by atoms with van der Waals surface area (Å²) in [7, 11) is 4.69. The summed E-state index contributed by atoms with van der Waals surface area (Å²) in [5, 5.41) is 0. The Kier molecular flexibility index (Phi) is 7.04. The number of hydrogen-bond acceptors (Lipinski definition) is 9. The average Bonchev–Trinajstić information content (AvgIpc) is 3.22. The maximum atomic E-state index is 13.4. The van der Waals surface area contributed by atoms with E-state index in [1.54, 1.807) is 39.5 Å². The molecule has 192 valence electrons. The predicted octanol–water partition coefficient (Wildman–Crippen LogP) is 3.12. The van der Waals surface area contributed by atoms with E-state index in [1.165, 1.54) is 0 Å². The van der Waals surface area contributed by atoms with Crippen molar-refractivity contribution in [1.82, 2.24) is 9.80 Å². The molecular formula is C27H32N2O7. The Bertz CT molecular complexity index is 1190. The zero-order valence-electron chi connectivity index (χ0n) is 21.2. The number of fused-ring (bicyclic) bond motifs is 2. The number of allylic oxidation sites excluding steroid dienone is 1. The monoisotopic (exact) mass is 496 g/mol. The van der Waals surface area contributed by atoms with E-state index in [9.17, 15) is 4.79 Å². The zero-order chi connectivity index (χ0) is 25.2. The molecule has 3 aliphatic heterocycles. The Morgan fingerprint density at radius 1 is 0.917 bits per heavy atom. The first-order valence-corrected chi connectivity index (χ1v) is 12.1. The van der Waals surface area contributed by atoms with E-state index in [1.807, 2.05) is 13.0 Å². The number of ether oxygens (including phenoxy) is 6. The average molecular weight is 497 g/mol. The van der Waals surface area contributed by atoms with Gasteiger partial charge in [-0.3, -0.25) is 14.6 Å². The Morgan fingerprint density at radius 2 is 1.61 bits per heavy atom. The van der Waals surface area contributed by atoms with Crippen molar-refractivity contribution in [3.8, 4) is 28.7 Å². The van der Waals surface area contributed by atoms with Gasteiger partial charge in [-0.1, -0.05) is 0 Å². The van der Waals surface area contributed by atoms with E-state index >= 15 is 0 Å². The Balaban J connectivity index is 1.38. The molecule has 0 amide bonds. The van der Waals surface area contributed by atoms with Gasteiger partial charge in [0.25, 0.3) is 0 Å². The smallest absolute Gasteiger partial charge is 0.231 e. The van der Waals surface area contributed by atoms with E-state index in [0.29, 0.717) is 40.9 Å². The number of benzene rings is 2. The number of nitrogens with zero attached hydrogens (tertiary/aromatic N) is 2. The minimum atomic E-state index is -0.168. The summed E-state index contributed by atoms with van der Waals surface area (Å²) in [5.74, 6) is 3.02. The number of hydrogen-bond donors (Lipinski definition) is 0. The molecule has 2 aromatic carbocycles. The molecule has 0 aromatic heterocycles. The number of carbonyl (C=O) groups is 1. The molecule has 0 bridgehead atoms. The molecule has 9 nitrogen and oxygen atoms in total. The van der Waals surface area contributed by atoms with E-state index in [0.717, 1.165) is 62.8 Å². The van der Waals surface area contributed by atoms with Gasteiger partial charge >= 0.3 is 0 Å². The molecule has 0 radical (unpaired) electrons. The summed E-state index contributed by atoms with van der Waals surface area (Å²) in [6, 6.07) is 5.40. The molecule has 3 aliphatic rings. The normalized spacial score (nSPS) is 18.9. The summed E-state index contributed by atoms with van der Waals surface area (Å²) in [4.78, 5) is 18.0. The number of rotatable bonds is 7. The molecule has 0 aliphatic carbocycles. The van der Waals surface area contributed by atoms with Crippen molar-refractivity contribution in [2.45, 2.75) is 13.5 Å². The van der Waals surface area contributed by atoms with Crippen LogP contribution >= 0.6 is 0 Å². The minimum Gasteiger partial charge on any atom is -0.496 e. The van der Waals surface area contributed by atoms with Gasteiger partial charge in [0.1, 0.15) is 24.0 Å². The van der Waals surface area contributed by atoms with Crippen molar-refractivity contribution in [3.05, 3.63) is 46.2 Å². The number of carbonyl (C=O) groups excluding carboxylic acids is 1. The number of morpholine rings is 1. The lowest BCUT2D eigenvalue weighted by molar-refractivity contribution is 0.0239. The fraction of sp³-hybridized carbons (Fsp3) is 0.444. The van der Waals surface area contributed by atoms with Gasteiger partial charge in [0.2, 0.25) is 5.78 Å². The predicted molar refractivity (Wildman–Crippen MR) is 133 cm³/mol. The molecule has 0 unspecified atom stereocenters. The van der Waals surface area contributed by atoms with Crippen molar-refractivity contribution in [2.75, 3.05) is 67.5 Å². The van der Waals surface area contributed by atoms with Crippen LogP contribution in [-0.4, -0.2) is 83.0 Å². The lowest BCUT2D eigenvalue weighted by atomic mass is 10.00. The zero-order valence-corrected chi connectivity index (χ0v) is 21.2. The molecule has 0 spiro atoms. The van der Waals surface area contributed by atoms with Crippen molar-refractivity contribution in [1.29, 1.82) is 0 Å². The summed E-state index contributed by atoms with van der Waals surface area (Å²) in [6.07, 6.45) is 1.68. The number of methoxy groups -OCH3 is 3. The first kappa shape index (κ1) is 24.4. The Labute approximate surface area is 211 Å². The molecule has 0 saturated carbocycles. The van der Waals surface area contributed by atoms with E-state index in [4.69, 9.17) is 28.4 Å². The van der Waals surface area contributed by atoms with Gasteiger partial charge in [-0.2, -0.15) is 0 Å². The van der Waals surface area contributed by atoms with Crippen LogP contribution in [0.5, 0.6) is 28.7 Å². The lowest BCUT2D eigenvalue weighted by Crippen LogP contribution is -2.43. The Hall–Kier alpha value is -3.27.